The smallest absolute Gasteiger partial charge is 0.0332 e. The molecule has 1 unspecified atom stereocenters. The van der Waals surface area contributed by atoms with Crippen LogP contribution >= 0.6 is 0 Å². The first-order valence-corrected chi connectivity index (χ1v) is 5.28. The van der Waals surface area contributed by atoms with Crippen molar-refractivity contribution in [3.63, 3.8) is 0 Å². The molecule has 1 heteroatoms. The molecule has 0 aromatic heterocycles. The van der Waals surface area contributed by atoms with Crippen LogP contribution in [-0.4, -0.2) is 6.54 Å². The molecule has 1 atom stereocenters. The van der Waals surface area contributed by atoms with Crippen molar-refractivity contribution in [1.82, 2.24) is 5.32 Å². The maximum Gasteiger partial charge on any atom is 0.0332 e. The zero-order valence-corrected chi connectivity index (χ0v) is 7.84. The first-order valence-electron chi connectivity index (χ1n) is 5.28. The van der Waals surface area contributed by atoms with Crippen molar-refractivity contribution in [2.45, 2.75) is 31.7 Å². The molecule has 1 aromatic carbocycles. The van der Waals surface area contributed by atoms with E-state index >= 15 is 0 Å². The van der Waals surface area contributed by atoms with Crippen molar-refractivity contribution in [2.24, 2.45) is 0 Å². The van der Waals surface area contributed by atoms with Crippen LogP contribution in [0.4, 0.5) is 0 Å². The highest BCUT2D eigenvalue weighted by Gasteiger charge is 2.20. The van der Waals surface area contributed by atoms with Crippen LogP contribution in [0.15, 0.2) is 18.2 Å². The summed E-state index contributed by atoms with van der Waals surface area (Å²) >= 11 is 0. The number of nitrogens with one attached hydrogen (secondary N) is 1. The third-order valence-electron chi connectivity index (χ3n) is 3.35. The second-order valence-electron chi connectivity index (χ2n) is 4.18. The largest absolute Gasteiger partial charge is 0.310 e. The Kier molecular flexibility index (Phi) is 1.66. The summed E-state index contributed by atoms with van der Waals surface area (Å²) in [4.78, 5) is 0. The zero-order valence-electron chi connectivity index (χ0n) is 7.84. The highest BCUT2D eigenvalue weighted by molar-refractivity contribution is 5.37. The van der Waals surface area contributed by atoms with E-state index in [2.05, 4.69) is 23.5 Å². The van der Waals surface area contributed by atoms with Crippen molar-refractivity contribution in [2.75, 3.05) is 6.54 Å². The van der Waals surface area contributed by atoms with Crippen molar-refractivity contribution < 1.29 is 0 Å². The molecule has 0 spiro atoms. The first kappa shape index (κ1) is 7.57. The van der Waals surface area contributed by atoms with Gasteiger partial charge in [-0.2, -0.15) is 0 Å². The maximum absolute atomic E-state index is 3.45. The molecule has 0 saturated carbocycles. The molecule has 0 radical (unpaired) electrons. The van der Waals surface area contributed by atoms with Gasteiger partial charge in [-0.15, -0.1) is 0 Å². The third-order valence-corrected chi connectivity index (χ3v) is 3.35. The van der Waals surface area contributed by atoms with Crippen molar-refractivity contribution in [3.05, 3.63) is 34.9 Å². The molecule has 0 amide bonds. The summed E-state index contributed by atoms with van der Waals surface area (Å²) in [6.45, 7) is 1.20. The monoisotopic (exact) mass is 173 g/mol. The first-order chi connectivity index (χ1) is 6.43. The number of hydrogen-bond donors (Lipinski definition) is 1. The standard InChI is InChI=1S/C12H15N/c1-2-9-4-5-11(8-10(9)3-1)12-6-7-13-12/h4-5,8,12-13H,1-3,6-7H2. The van der Waals surface area contributed by atoms with E-state index in [9.17, 15) is 0 Å². The van der Waals surface area contributed by atoms with Crippen LogP contribution in [0.3, 0.4) is 0 Å². The minimum Gasteiger partial charge on any atom is -0.310 e. The fraction of sp³-hybridized carbons (Fsp3) is 0.500. The number of rotatable bonds is 1. The molecule has 1 aromatic rings. The van der Waals surface area contributed by atoms with Crippen molar-refractivity contribution >= 4 is 0 Å². The predicted octanol–water partition coefficient (Wildman–Crippen LogP) is 2.21. The average molecular weight is 173 g/mol. The summed E-state index contributed by atoms with van der Waals surface area (Å²) in [5, 5.41) is 3.45. The predicted molar refractivity (Wildman–Crippen MR) is 53.8 cm³/mol. The lowest BCUT2D eigenvalue weighted by Gasteiger charge is -2.28. The van der Waals surface area contributed by atoms with Crippen LogP contribution in [0.25, 0.3) is 0 Å². The minimum absolute atomic E-state index is 0.658. The molecule has 1 saturated heterocycles. The van der Waals surface area contributed by atoms with Gasteiger partial charge in [0, 0.05) is 6.04 Å². The highest BCUT2D eigenvalue weighted by atomic mass is 15.0. The van der Waals surface area contributed by atoms with Crippen molar-refractivity contribution in [1.29, 1.82) is 0 Å². The van der Waals surface area contributed by atoms with Gasteiger partial charge in [0.25, 0.3) is 0 Å². The van der Waals surface area contributed by atoms with E-state index in [4.69, 9.17) is 0 Å². The van der Waals surface area contributed by atoms with E-state index in [1.807, 2.05) is 0 Å². The van der Waals surface area contributed by atoms with Crippen molar-refractivity contribution in [3.8, 4) is 0 Å². The molecular weight excluding hydrogens is 158 g/mol. The Balaban J connectivity index is 1.95. The summed E-state index contributed by atoms with van der Waals surface area (Å²) in [6, 6.07) is 7.71. The van der Waals surface area contributed by atoms with Crippen LogP contribution in [0.2, 0.25) is 0 Å². The van der Waals surface area contributed by atoms with Gasteiger partial charge < -0.3 is 5.32 Å². The molecule has 1 fully saturated rings. The Bertz CT molecular complexity index is 326. The summed E-state index contributed by atoms with van der Waals surface area (Å²) in [6.07, 6.45) is 5.28. The second-order valence-corrected chi connectivity index (χ2v) is 4.18. The summed E-state index contributed by atoms with van der Waals surface area (Å²) in [7, 11) is 0. The zero-order chi connectivity index (χ0) is 8.67. The van der Waals surface area contributed by atoms with Gasteiger partial charge in [-0.1, -0.05) is 18.2 Å². The SMILES string of the molecule is c1cc2c(cc1C1CCN1)CCC2. The maximum atomic E-state index is 3.45. The molecule has 1 heterocycles. The van der Waals surface area contributed by atoms with E-state index in [0.717, 1.165) is 0 Å². The summed E-state index contributed by atoms with van der Waals surface area (Å²) < 4.78 is 0. The summed E-state index contributed by atoms with van der Waals surface area (Å²) in [5.74, 6) is 0. The lowest BCUT2D eigenvalue weighted by atomic mass is 9.95. The van der Waals surface area contributed by atoms with Gasteiger partial charge >= 0.3 is 0 Å². The molecule has 2 aliphatic rings. The molecule has 0 bridgehead atoms. The van der Waals surface area contributed by atoms with Crippen LogP contribution in [0.1, 0.15) is 35.6 Å². The Morgan fingerprint density at radius 2 is 2.00 bits per heavy atom. The van der Waals surface area contributed by atoms with Crippen LogP contribution < -0.4 is 5.32 Å². The summed E-state index contributed by atoms with van der Waals surface area (Å²) in [5.41, 5.74) is 4.70. The number of fused-ring (bicyclic) bond motifs is 1. The molecule has 13 heavy (non-hydrogen) atoms. The second kappa shape index (κ2) is 2.85. The third kappa shape index (κ3) is 1.19. The molecular formula is C12H15N. The molecule has 1 aliphatic carbocycles. The Labute approximate surface area is 79.2 Å². The normalized spacial score (nSPS) is 25.4. The molecule has 1 aliphatic heterocycles. The minimum atomic E-state index is 0.658. The van der Waals surface area contributed by atoms with E-state index in [1.54, 1.807) is 11.1 Å². The quantitative estimate of drug-likeness (QED) is 0.686. The van der Waals surface area contributed by atoms with Crippen LogP contribution in [-0.2, 0) is 12.8 Å². The fourth-order valence-electron chi connectivity index (χ4n) is 2.38. The van der Waals surface area contributed by atoms with Crippen LogP contribution in [0.5, 0.6) is 0 Å². The molecule has 1 N–H and O–H groups in total. The Hall–Kier alpha value is -0.820. The Morgan fingerprint density at radius 1 is 1.15 bits per heavy atom. The topological polar surface area (TPSA) is 12.0 Å². The van der Waals surface area contributed by atoms with E-state index in [0.29, 0.717) is 6.04 Å². The van der Waals surface area contributed by atoms with Gasteiger partial charge in [-0.25, -0.2) is 0 Å². The van der Waals surface area contributed by atoms with Crippen LogP contribution in [0, 0.1) is 0 Å². The van der Waals surface area contributed by atoms with Gasteiger partial charge in [0.1, 0.15) is 0 Å². The lowest BCUT2D eigenvalue weighted by molar-refractivity contribution is 0.383. The van der Waals surface area contributed by atoms with Gasteiger partial charge in [-0.3, -0.25) is 0 Å². The van der Waals surface area contributed by atoms with Gasteiger partial charge in [-0.05, 0) is 48.9 Å². The number of benzene rings is 1. The van der Waals surface area contributed by atoms with Gasteiger partial charge in [0.05, 0.1) is 0 Å². The fourth-order valence-corrected chi connectivity index (χ4v) is 2.38. The molecule has 68 valence electrons. The average Bonchev–Trinajstić information content (AvgIpc) is 2.47. The molecule has 3 rings (SSSR count). The van der Waals surface area contributed by atoms with Gasteiger partial charge in [0.15, 0.2) is 0 Å². The van der Waals surface area contributed by atoms with E-state index in [1.165, 1.54) is 37.8 Å². The van der Waals surface area contributed by atoms with E-state index < -0.39 is 0 Å². The van der Waals surface area contributed by atoms with E-state index in [-0.39, 0.29) is 0 Å². The molecule has 1 nitrogen and oxygen atoms in total. The van der Waals surface area contributed by atoms with Gasteiger partial charge in [0.2, 0.25) is 0 Å². The lowest BCUT2D eigenvalue weighted by Crippen LogP contribution is -2.34. The number of hydrogen-bond acceptors (Lipinski definition) is 1. The Morgan fingerprint density at radius 3 is 2.77 bits per heavy atom. The number of aryl methyl sites for hydroxylation is 2. The highest BCUT2D eigenvalue weighted by Crippen LogP contribution is 2.28.